The van der Waals surface area contributed by atoms with E-state index in [2.05, 4.69) is 29.2 Å². The number of rotatable bonds is 6. The van der Waals surface area contributed by atoms with Gasteiger partial charge in [0.15, 0.2) is 5.82 Å². The molecule has 2 aromatic rings. The van der Waals surface area contributed by atoms with Gasteiger partial charge in [-0.25, -0.2) is 0 Å². The van der Waals surface area contributed by atoms with Crippen molar-refractivity contribution in [2.75, 3.05) is 6.61 Å². The van der Waals surface area contributed by atoms with E-state index in [0.29, 0.717) is 24.6 Å². The van der Waals surface area contributed by atoms with Crippen LogP contribution in [0.3, 0.4) is 0 Å². The maximum atomic E-state index is 9.02. The van der Waals surface area contributed by atoms with E-state index in [1.165, 1.54) is 5.56 Å². The fourth-order valence-electron chi connectivity index (χ4n) is 2.06. The summed E-state index contributed by atoms with van der Waals surface area (Å²) in [5.74, 6) is 1.36. The molecule has 108 valence electrons. The normalized spacial score (nSPS) is 14.2. The summed E-state index contributed by atoms with van der Waals surface area (Å²) in [5.41, 5.74) is 8.14. The van der Waals surface area contributed by atoms with Gasteiger partial charge < -0.3 is 15.4 Å². The third-order valence-electron chi connectivity index (χ3n) is 3.39. The second-order valence-corrected chi connectivity index (χ2v) is 5.30. The molecule has 3 N–H and O–H groups in total. The van der Waals surface area contributed by atoms with Crippen LogP contribution in [-0.2, 0) is 12.8 Å². The van der Waals surface area contributed by atoms with Crippen LogP contribution in [0.2, 0.25) is 0 Å². The number of aliphatic hydroxyl groups is 1. The number of hydrogen-bond acceptors (Lipinski definition) is 5. The molecule has 20 heavy (non-hydrogen) atoms. The van der Waals surface area contributed by atoms with Gasteiger partial charge in [-0.15, -0.1) is 0 Å². The van der Waals surface area contributed by atoms with Crippen LogP contribution in [0.4, 0.5) is 0 Å². The maximum Gasteiger partial charge on any atom is 0.231 e. The van der Waals surface area contributed by atoms with Crippen molar-refractivity contribution < 1.29 is 9.63 Å². The first-order valence-electron chi connectivity index (χ1n) is 6.82. The van der Waals surface area contributed by atoms with Crippen molar-refractivity contribution in [1.82, 2.24) is 10.1 Å². The van der Waals surface area contributed by atoms with Gasteiger partial charge in [0.05, 0.1) is 13.0 Å². The fourth-order valence-corrected chi connectivity index (χ4v) is 2.06. The van der Waals surface area contributed by atoms with E-state index >= 15 is 0 Å². The second kappa shape index (κ2) is 6.63. The minimum Gasteiger partial charge on any atom is -0.395 e. The van der Waals surface area contributed by atoms with Gasteiger partial charge in [0, 0.05) is 12.5 Å². The SMILES string of the molecule is Cc1cccc(Cc2nc(CC(C)C(N)CO)no2)c1. The van der Waals surface area contributed by atoms with Gasteiger partial charge in [-0.05, 0) is 18.4 Å². The largest absolute Gasteiger partial charge is 0.395 e. The lowest BCUT2D eigenvalue weighted by Gasteiger charge is -2.14. The van der Waals surface area contributed by atoms with Crippen molar-refractivity contribution in [1.29, 1.82) is 0 Å². The number of aromatic nitrogens is 2. The van der Waals surface area contributed by atoms with Crippen molar-refractivity contribution in [2.24, 2.45) is 11.7 Å². The Balaban J connectivity index is 1.99. The predicted molar refractivity (Wildman–Crippen MR) is 76.2 cm³/mol. The molecule has 0 spiro atoms. The van der Waals surface area contributed by atoms with E-state index < -0.39 is 0 Å². The molecule has 1 heterocycles. The minimum absolute atomic E-state index is 0.0326. The van der Waals surface area contributed by atoms with E-state index in [1.54, 1.807) is 0 Å². The molecule has 2 unspecified atom stereocenters. The molecule has 0 bridgehead atoms. The summed E-state index contributed by atoms with van der Waals surface area (Å²) in [6.07, 6.45) is 1.24. The zero-order chi connectivity index (χ0) is 14.5. The topological polar surface area (TPSA) is 85.2 Å². The third-order valence-corrected chi connectivity index (χ3v) is 3.39. The Morgan fingerprint density at radius 3 is 2.90 bits per heavy atom. The zero-order valence-electron chi connectivity index (χ0n) is 11.9. The lowest BCUT2D eigenvalue weighted by Crippen LogP contribution is -2.33. The first-order valence-corrected chi connectivity index (χ1v) is 6.82. The first kappa shape index (κ1) is 14.7. The summed E-state index contributed by atoms with van der Waals surface area (Å²) < 4.78 is 5.26. The highest BCUT2D eigenvalue weighted by Crippen LogP contribution is 2.12. The van der Waals surface area contributed by atoms with Gasteiger partial charge in [0.1, 0.15) is 0 Å². The molecule has 0 aliphatic carbocycles. The molecule has 2 rings (SSSR count). The summed E-state index contributed by atoms with van der Waals surface area (Å²) in [6.45, 7) is 3.99. The van der Waals surface area contributed by atoms with Crippen molar-refractivity contribution in [2.45, 2.75) is 32.7 Å². The third kappa shape index (κ3) is 3.88. The maximum absolute atomic E-state index is 9.02. The van der Waals surface area contributed by atoms with Crippen LogP contribution in [0.15, 0.2) is 28.8 Å². The average Bonchev–Trinajstić information content (AvgIpc) is 2.85. The van der Waals surface area contributed by atoms with E-state index in [9.17, 15) is 0 Å². The smallest absolute Gasteiger partial charge is 0.231 e. The van der Waals surface area contributed by atoms with Crippen LogP contribution in [0.5, 0.6) is 0 Å². The monoisotopic (exact) mass is 275 g/mol. The molecule has 0 aliphatic rings. The summed E-state index contributed by atoms with van der Waals surface area (Å²) in [6, 6.07) is 7.97. The van der Waals surface area contributed by atoms with E-state index in [-0.39, 0.29) is 18.6 Å². The van der Waals surface area contributed by atoms with Gasteiger partial charge >= 0.3 is 0 Å². The Hall–Kier alpha value is -1.72. The minimum atomic E-state index is -0.256. The fraction of sp³-hybridized carbons (Fsp3) is 0.467. The highest BCUT2D eigenvalue weighted by molar-refractivity contribution is 5.24. The Morgan fingerprint density at radius 1 is 1.40 bits per heavy atom. The van der Waals surface area contributed by atoms with Crippen molar-refractivity contribution in [3.8, 4) is 0 Å². The molecule has 0 saturated carbocycles. The standard InChI is InChI=1S/C15H21N3O2/c1-10-4-3-5-12(6-10)8-15-17-14(18-20-15)7-11(2)13(16)9-19/h3-6,11,13,19H,7-9,16H2,1-2H3. The molecular formula is C15H21N3O2. The van der Waals surface area contributed by atoms with Gasteiger partial charge in [0.2, 0.25) is 5.89 Å². The van der Waals surface area contributed by atoms with Gasteiger partial charge in [-0.3, -0.25) is 0 Å². The first-order chi connectivity index (χ1) is 9.58. The van der Waals surface area contributed by atoms with Crippen LogP contribution in [0.1, 0.15) is 29.8 Å². The van der Waals surface area contributed by atoms with Crippen LogP contribution in [0, 0.1) is 12.8 Å². The Labute approximate surface area is 118 Å². The molecule has 1 aromatic heterocycles. The second-order valence-electron chi connectivity index (χ2n) is 5.30. The average molecular weight is 275 g/mol. The quantitative estimate of drug-likeness (QED) is 0.833. The van der Waals surface area contributed by atoms with Crippen LogP contribution in [0.25, 0.3) is 0 Å². The molecule has 0 amide bonds. The number of aryl methyl sites for hydroxylation is 1. The highest BCUT2D eigenvalue weighted by atomic mass is 16.5. The van der Waals surface area contributed by atoms with Crippen molar-refractivity contribution in [3.63, 3.8) is 0 Å². The number of nitrogens with zero attached hydrogens (tertiary/aromatic N) is 2. The summed E-state index contributed by atoms with van der Waals surface area (Å²) in [7, 11) is 0. The molecule has 0 aliphatic heterocycles. The lowest BCUT2D eigenvalue weighted by atomic mass is 9.99. The van der Waals surface area contributed by atoms with E-state index in [0.717, 1.165) is 5.56 Å². The number of benzene rings is 1. The molecular weight excluding hydrogens is 254 g/mol. The number of hydrogen-bond donors (Lipinski definition) is 2. The van der Waals surface area contributed by atoms with Gasteiger partial charge in [-0.1, -0.05) is 41.9 Å². The predicted octanol–water partition coefficient (Wildman–Crippen LogP) is 1.47. The van der Waals surface area contributed by atoms with Crippen LogP contribution < -0.4 is 5.73 Å². The molecule has 2 atom stereocenters. The van der Waals surface area contributed by atoms with E-state index in [1.807, 2.05) is 19.1 Å². The van der Waals surface area contributed by atoms with Gasteiger partial charge in [0.25, 0.3) is 0 Å². The Kier molecular flexibility index (Phi) is 4.87. The van der Waals surface area contributed by atoms with Crippen molar-refractivity contribution in [3.05, 3.63) is 47.1 Å². The molecule has 5 heteroatoms. The van der Waals surface area contributed by atoms with Crippen LogP contribution >= 0.6 is 0 Å². The molecule has 0 saturated heterocycles. The Morgan fingerprint density at radius 2 is 2.20 bits per heavy atom. The molecule has 0 radical (unpaired) electrons. The molecule has 1 aromatic carbocycles. The summed E-state index contributed by atoms with van der Waals surface area (Å²) >= 11 is 0. The summed E-state index contributed by atoms with van der Waals surface area (Å²) in [5, 5.41) is 13.0. The lowest BCUT2D eigenvalue weighted by molar-refractivity contribution is 0.230. The number of nitrogens with two attached hydrogens (primary N) is 1. The van der Waals surface area contributed by atoms with Crippen molar-refractivity contribution >= 4 is 0 Å². The number of aliphatic hydroxyl groups excluding tert-OH is 1. The molecule has 0 fully saturated rings. The van der Waals surface area contributed by atoms with E-state index in [4.69, 9.17) is 15.4 Å². The highest BCUT2D eigenvalue weighted by Gasteiger charge is 2.16. The van der Waals surface area contributed by atoms with Gasteiger partial charge in [-0.2, -0.15) is 4.98 Å². The van der Waals surface area contributed by atoms with Crippen LogP contribution in [-0.4, -0.2) is 27.9 Å². The Bertz CT molecular complexity index is 554. The molecule has 5 nitrogen and oxygen atoms in total. The summed E-state index contributed by atoms with van der Waals surface area (Å²) in [4.78, 5) is 4.38. The zero-order valence-corrected chi connectivity index (χ0v) is 11.9.